The van der Waals surface area contributed by atoms with Crippen molar-refractivity contribution in [1.29, 1.82) is 0 Å². The molecule has 0 aliphatic rings. The van der Waals surface area contributed by atoms with Crippen LogP contribution in [0.4, 0.5) is 10.5 Å². The number of pyridine rings is 1. The van der Waals surface area contributed by atoms with Crippen LogP contribution in [0.5, 0.6) is 5.75 Å². The van der Waals surface area contributed by atoms with Crippen LogP contribution < -0.4 is 15.8 Å². The van der Waals surface area contributed by atoms with Crippen molar-refractivity contribution in [2.75, 3.05) is 18.9 Å². The van der Waals surface area contributed by atoms with Gasteiger partial charge in [0, 0.05) is 12.6 Å². The lowest BCUT2D eigenvalue weighted by Crippen LogP contribution is -2.33. The second kappa shape index (κ2) is 8.34. The Labute approximate surface area is 126 Å². The Balaban J connectivity index is 2.01. The van der Waals surface area contributed by atoms with E-state index in [1.807, 2.05) is 20.8 Å². The van der Waals surface area contributed by atoms with E-state index in [4.69, 9.17) is 15.2 Å². The second-order valence-electron chi connectivity index (χ2n) is 5.79. The molecular formula is C15H25N3O3. The van der Waals surface area contributed by atoms with Gasteiger partial charge in [-0.15, -0.1) is 0 Å². The molecule has 21 heavy (non-hydrogen) atoms. The summed E-state index contributed by atoms with van der Waals surface area (Å²) in [6, 6.07) is 1.75. The number of rotatable bonds is 7. The van der Waals surface area contributed by atoms with Gasteiger partial charge in [0.2, 0.25) is 0 Å². The van der Waals surface area contributed by atoms with Crippen molar-refractivity contribution in [3.05, 3.63) is 18.5 Å². The van der Waals surface area contributed by atoms with Crippen LogP contribution in [0.2, 0.25) is 0 Å². The van der Waals surface area contributed by atoms with Crippen LogP contribution in [0.15, 0.2) is 18.5 Å². The molecule has 0 aliphatic carbocycles. The molecule has 118 valence electrons. The molecule has 0 unspecified atom stereocenters. The van der Waals surface area contributed by atoms with Crippen molar-refractivity contribution >= 4 is 11.8 Å². The van der Waals surface area contributed by atoms with E-state index in [2.05, 4.69) is 10.3 Å². The van der Waals surface area contributed by atoms with E-state index in [1.54, 1.807) is 18.5 Å². The number of unbranched alkanes of at least 4 members (excludes halogenated alkanes) is 2. The van der Waals surface area contributed by atoms with E-state index in [0.717, 1.165) is 19.3 Å². The van der Waals surface area contributed by atoms with Gasteiger partial charge < -0.3 is 20.5 Å². The van der Waals surface area contributed by atoms with Gasteiger partial charge in [0.15, 0.2) is 0 Å². The fourth-order valence-electron chi connectivity index (χ4n) is 1.61. The number of amides is 1. The number of carbonyl (C=O) groups is 1. The number of aromatic nitrogens is 1. The summed E-state index contributed by atoms with van der Waals surface area (Å²) in [6.45, 7) is 6.74. The summed E-state index contributed by atoms with van der Waals surface area (Å²) in [4.78, 5) is 15.3. The van der Waals surface area contributed by atoms with E-state index in [0.29, 0.717) is 24.6 Å². The first-order chi connectivity index (χ1) is 9.87. The van der Waals surface area contributed by atoms with Gasteiger partial charge in [-0.2, -0.15) is 0 Å². The molecule has 0 spiro atoms. The van der Waals surface area contributed by atoms with Crippen LogP contribution in [-0.2, 0) is 4.74 Å². The number of nitrogens with two attached hydrogens (primary N) is 1. The lowest BCUT2D eigenvalue weighted by molar-refractivity contribution is 0.0527. The summed E-state index contributed by atoms with van der Waals surface area (Å²) in [7, 11) is 0. The lowest BCUT2D eigenvalue weighted by atomic mass is 10.2. The smallest absolute Gasteiger partial charge is 0.407 e. The number of nitrogens with one attached hydrogen (secondary N) is 1. The summed E-state index contributed by atoms with van der Waals surface area (Å²) in [5.74, 6) is 0.682. The van der Waals surface area contributed by atoms with E-state index in [1.165, 1.54) is 0 Å². The number of nitrogens with zero attached hydrogens (tertiary/aromatic N) is 1. The maximum absolute atomic E-state index is 11.4. The van der Waals surface area contributed by atoms with Gasteiger partial charge in [-0.05, 0) is 40.0 Å². The molecule has 0 radical (unpaired) electrons. The van der Waals surface area contributed by atoms with Crippen molar-refractivity contribution in [2.24, 2.45) is 0 Å². The molecule has 3 N–H and O–H groups in total. The minimum atomic E-state index is -0.455. The lowest BCUT2D eigenvalue weighted by Gasteiger charge is -2.19. The van der Waals surface area contributed by atoms with E-state index in [9.17, 15) is 4.79 Å². The maximum atomic E-state index is 11.4. The number of hydrogen-bond acceptors (Lipinski definition) is 5. The molecule has 0 saturated carbocycles. The standard InChI is InChI=1S/C15H25N3O3/c1-15(2,3)21-14(19)18-7-5-4-6-8-20-13-9-12(16)10-17-11-13/h9-11H,4-8,16H2,1-3H3,(H,18,19). The average molecular weight is 295 g/mol. The van der Waals surface area contributed by atoms with Crippen molar-refractivity contribution in [2.45, 2.75) is 45.6 Å². The highest BCUT2D eigenvalue weighted by Gasteiger charge is 2.15. The summed E-state index contributed by atoms with van der Waals surface area (Å²) in [5.41, 5.74) is 5.74. The Kier molecular flexibility index (Phi) is 6.78. The van der Waals surface area contributed by atoms with Crippen LogP contribution >= 0.6 is 0 Å². The first-order valence-corrected chi connectivity index (χ1v) is 7.17. The van der Waals surface area contributed by atoms with E-state index >= 15 is 0 Å². The quantitative estimate of drug-likeness (QED) is 0.755. The molecule has 0 saturated heterocycles. The zero-order chi connectivity index (χ0) is 15.7. The fraction of sp³-hybridized carbons (Fsp3) is 0.600. The van der Waals surface area contributed by atoms with Crippen molar-refractivity contribution in [1.82, 2.24) is 10.3 Å². The highest BCUT2D eigenvalue weighted by molar-refractivity contribution is 5.67. The predicted molar refractivity (Wildman–Crippen MR) is 82.2 cm³/mol. The third kappa shape index (κ3) is 8.73. The highest BCUT2D eigenvalue weighted by atomic mass is 16.6. The summed E-state index contributed by atoms with van der Waals surface area (Å²) < 4.78 is 10.7. The molecule has 0 aliphatic heterocycles. The summed E-state index contributed by atoms with van der Waals surface area (Å²) in [5, 5.41) is 2.73. The summed E-state index contributed by atoms with van der Waals surface area (Å²) >= 11 is 0. The van der Waals surface area contributed by atoms with E-state index < -0.39 is 5.60 Å². The minimum Gasteiger partial charge on any atom is -0.492 e. The number of ether oxygens (including phenoxy) is 2. The van der Waals surface area contributed by atoms with Crippen LogP contribution in [0, 0.1) is 0 Å². The molecule has 1 aromatic heterocycles. The third-order valence-electron chi connectivity index (χ3n) is 2.49. The van der Waals surface area contributed by atoms with Gasteiger partial charge in [0.05, 0.1) is 24.7 Å². The molecule has 1 rings (SSSR count). The topological polar surface area (TPSA) is 86.5 Å². The molecule has 0 bridgehead atoms. The predicted octanol–water partition coefficient (Wildman–Crippen LogP) is 2.74. The van der Waals surface area contributed by atoms with Gasteiger partial charge in [-0.1, -0.05) is 0 Å². The Morgan fingerprint density at radius 2 is 2.05 bits per heavy atom. The van der Waals surface area contributed by atoms with Crippen LogP contribution in [0.3, 0.4) is 0 Å². The molecule has 6 nitrogen and oxygen atoms in total. The normalized spacial score (nSPS) is 11.0. The van der Waals surface area contributed by atoms with Gasteiger partial charge in [-0.25, -0.2) is 4.79 Å². The zero-order valence-corrected chi connectivity index (χ0v) is 13.0. The van der Waals surface area contributed by atoms with Crippen molar-refractivity contribution in [3.63, 3.8) is 0 Å². The summed E-state index contributed by atoms with van der Waals surface area (Å²) in [6.07, 6.45) is 5.61. The zero-order valence-electron chi connectivity index (χ0n) is 13.0. The molecule has 6 heteroatoms. The van der Waals surface area contributed by atoms with Crippen LogP contribution in [0.25, 0.3) is 0 Å². The van der Waals surface area contributed by atoms with Crippen molar-refractivity contribution < 1.29 is 14.3 Å². The number of anilines is 1. The Morgan fingerprint density at radius 1 is 1.29 bits per heavy atom. The molecule has 1 heterocycles. The van der Waals surface area contributed by atoms with Gasteiger partial charge in [0.1, 0.15) is 11.4 Å². The minimum absolute atomic E-state index is 0.371. The SMILES string of the molecule is CC(C)(C)OC(=O)NCCCCCOc1cncc(N)c1. The molecule has 0 aromatic carbocycles. The molecule has 0 fully saturated rings. The number of hydrogen-bond donors (Lipinski definition) is 2. The first-order valence-electron chi connectivity index (χ1n) is 7.17. The molecule has 0 atom stereocenters. The largest absolute Gasteiger partial charge is 0.492 e. The molecule has 1 aromatic rings. The molecular weight excluding hydrogens is 270 g/mol. The number of alkyl carbamates (subject to hydrolysis) is 1. The van der Waals surface area contributed by atoms with Gasteiger partial charge in [0.25, 0.3) is 0 Å². The molecule has 1 amide bonds. The maximum Gasteiger partial charge on any atom is 0.407 e. The van der Waals surface area contributed by atoms with Gasteiger partial charge >= 0.3 is 6.09 Å². The Bertz CT molecular complexity index is 444. The number of carbonyl (C=O) groups excluding carboxylic acids is 1. The highest BCUT2D eigenvalue weighted by Crippen LogP contribution is 2.12. The average Bonchev–Trinajstić information content (AvgIpc) is 2.35. The Hall–Kier alpha value is -1.98. The van der Waals surface area contributed by atoms with E-state index in [-0.39, 0.29) is 6.09 Å². The number of nitrogen functional groups attached to an aromatic ring is 1. The van der Waals surface area contributed by atoms with Gasteiger partial charge in [-0.3, -0.25) is 4.98 Å². The monoisotopic (exact) mass is 295 g/mol. The second-order valence-corrected chi connectivity index (χ2v) is 5.79. The first kappa shape index (κ1) is 17.1. The van der Waals surface area contributed by atoms with Crippen LogP contribution in [-0.4, -0.2) is 29.8 Å². The third-order valence-corrected chi connectivity index (χ3v) is 2.49. The van der Waals surface area contributed by atoms with Crippen LogP contribution in [0.1, 0.15) is 40.0 Å². The van der Waals surface area contributed by atoms with Crippen molar-refractivity contribution in [3.8, 4) is 5.75 Å². The Morgan fingerprint density at radius 3 is 2.71 bits per heavy atom. The fourth-order valence-corrected chi connectivity index (χ4v) is 1.61.